The number of amides is 2. The first kappa shape index (κ1) is 35.6. The normalized spacial score (nSPS) is 11.8. The van der Waals surface area contributed by atoms with E-state index in [0.29, 0.717) is 18.7 Å². The molecule has 4 rings (SSSR count). The molecule has 0 fully saturated rings. The summed E-state index contributed by atoms with van der Waals surface area (Å²) in [4.78, 5) is 40.5. The van der Waals surface area contributed by atoms with Crippen molar-refractivity contribution in [2.75, 3.05) is 24.5 Å². The van der Waals surface area contributed by atoms with Gasteiger partial charge < -0.3 is 15.0 Å². The van der Waals surface area contributed by atoms with Crippen molar-refractivity contribution < 1.29 is 27.7 Å². The average Bonchev–Trinajstić information content (AvgIpc) is 3.08. The minimum atomic E-state index is -4.54. The summed E-state index contributed by atoms with van der Waals surface area (Å²) in [6, 6.07) is 25.5. The minimum Gasteiger partial charge on any atom is -0.497 e. The van der Waals surface area contributed by atoms with Crippen LogP contribution in [0.25, 0.3) is 0 Å². The van der Waals surface area contributed by atoms with Crippen LogP contribution in [-0.2, 0) is 32.6 Å². The van der Waals surface area contributed by atoms with Crippen molar-refractivity contribution in [3.63, 3.8) is 0 Å². The number of aryl methyl sites for hydroxylation is 2. The van der Waals surface area contributed by atoms with Crippen LogP contribution in [0.1, 0.15) is 35.6 Å². The number of ether oxygens (including phenoxy) is 1. The van der Waals surface area contributed by atoms with Gasteiger partial charge in [-0.15, -0.1) is 0 Å². The highest BCUT2D eigenvalue weighted by Crippen LogP contribution is 2.30. The fraction of sp³-hybridized carbons (Fsp3) is 0.278. The minimum absolute atomic E-state index is 0.0368. The van der Waals surface area contributed by atoms with Gasteiger partial charge in [-0.1, -0.05) is 67.6 Å². The fourth-order valence-corrected chi connectivity index (χ4v) is 6.68. The van der Waals surface area contributed by atoms with Crippen LogP contribution in [0.2, 0.25) is 0 Å². The van der Waals surface area contributed by atoms with E-state index >= 15 is 0 Å². The van der Waals surface area contributed by atoms with E-state index in [1.807, 2.05) is 68.4 Å². The summed E-state index contributed by atoms with van der Waals surface area (Å²) in [5.41, 5.74) is 2.57. The van der Waals surface area contributed by atoms with Gasteiger partial charge in [-0.3, -0.25) is 24.0 Å². The summed E-state index contributed by atoms with van der Waals surface area (Å²) in [6.45, 7) is 5.09. The lowest BCUT2D eigenvalue weighted by atomic mass is 10.0. The van der Waals surface area contributed by atoms with Gasteiger partial charge in [-0.05, 0) is 67.3 Å². The summed E-state index contributed by atoms with van der Waals surface area (Å²) in [5, 5.41) is 14.6. The maximum Gasteiger partial charge on any atom is 0.273 e. The molecule has 0 bridgehead atoms. The lowest BCUT2D eigenvalue weighted by Crippen LogP contribution is -2.53. The van der Waals surface area contributed by atoms with Crippen molar-refractivity contribution in [3.05, 3.63) is 129 Å². The van der Waals surface area contributed by atoms with E-state index in [1.54, 1.807) is 12.1 Å². The molecule has 0 aliphatic carbocycles. The molecule has 0 aliphatic rings. The Morgan fingerprint density at radius 2 is 1.58 bits per heavy atom. The number of anilines is 1. The van der Waals surface area contributed by atoms with Crippen molar-refractivity contribution >= 4 is 33.2 Å². The molecule has 1 unspecified atom stereocenters. The molecule has 12 heteroatoms. The van der Waals surface area contributed by atoms with E-state index in [9.17, 15) is 28.1 Å². The Hall–Kier alpha value is -5.23. The predicted octanol–water partition coefficient (Wildman–Crippen LogP) is 5.58. The second kappa shape index (κ2) is 16.1. The number of nitrogens with one attached hydrogen (secondary N) is 1. The van der Waals surface area contributed by atoms with Gasteiger partial charge in [-0.2, -0.15) is 0 Å². The highest BCUT2D eigenvalue weighted by molar-refractivity contribution is 7.92. The third kappa shape index (κ3) is 8.56. The Bertz CT molecular complexity index is 1850. The van der Waals surface area contributed by atoms with Crippen molar-refractivity contribution in [2.45, 2.75) is 51.1 Å². The summed E-state index contributed by atoms with van der Waals surface area (Å²) >= 11 is 0. The van der Waals surface area contributed by atoms with Crippen LogP contribution < -0.4 is 14.4 Å². The van der Waals surface area contributed by atoms with Gasteiger partial charge in [0.25, 0.3) is 15.7 Å². The van der Waals surface area contributed by atoms with Gasteiger partial charge in [0.2, 0.25) is 11.8 Å². The van der Waals surface area contributed by atoms with E-state index in [2.05, 4.69) is 5.32 Å². The van der Waals surface area contributed by atoms with Crippen LogP contribution in [0.5, 0.6) is 5.75 Å². The maximum atomic E-state index is 14.6. The summed E-state index contributed by atoms with van der Waals surface area (Å²) in [5.74, 6) is -0.535. The smallest absolute Gasteiger partial charge is 0.273 e. The van der Waals surface area contributed by atoms with Crippen molar-refractivity contribution in [2.24, 2.45) is 0 Å². The third-order valence-electron chi connectivity index (χ3n) is 8.03. The Morgan fingerprint density at radius 3 is 2.21 bits per heavy atom. The second-order valence-electron chi connectivity index (χ2n) is 11.4. The molecular formula is C36H40N4O7S. The van der Waals surface area contributed by atoms with Crippen LogP contribution in [0.4, 0.5) is 11.4 Å². The first-order valence-electron chi connectivity index (χ1n) is 15.5. The lowest BCUT2D eigenvalue weighted by molar-refractivity contribution is -0.385. The van der Waals surface area contributed by atoms with Crippen LogP contribution in [0.3, 0.4) is 0 Å². The van der Waals surface area contributed by atoms with Crippen molar-refractivity contribution in [1.29, 1.82) is 0 Å². The highest BCUT2D eigenvalue weighted by atomic mass is 32.2. The number of carbonyl (C=O) groups is 2. The third-order valence-corrected chi connectivity index (χ3v) is 9.80. The number of hydrogen-bond acceptors (Lipinski definition) is 7. The molecule has 48 heavy (non-hydrogen) atoms. The van der Waals surface area contributed by atoms with Gasteiger partial charge in [0, 0.05) is 31.1 Å². The molecule has 0 aromatic heterocycles. The first-order valence-corrected chi connectivity index (χ1v) is 17.0. The molecule has 11 nitrogen and oxygen atoms in total. The number of carbonyl (C=O) groups excluding carboxylic acids is 2. The Morgan fingerprint density at radius 1 is 0.917 bits per heavy atom. The zero-order valence-corrected chi connectivity index (χ0v) is 28.3. The molecule has 0 spiro atoms. The molecule has 4 aromatic carbocycles. The molecule has 252 valence electrons. The molecule has 0 heterocycles. The van der Waals surface area contributed by atoms with E-state index in [1.165, 1.54) is 43.2 Å². The number of sulfonamides is 1. The van der Waals surface area contributed by atoms with E-state index < -0.39 is 33.4 Å². The van der Waals surface area contributed by atoms with Gasteiger partial charge >= 0.3 is 0 Å². The quantitative estimate of drug-likeness (QED) is 0.128. The van der Waals surface area contributed by atoms with Crippen LogP contribution in [-0.4, -0.2) is 56.3 Å². The number of benzene rings is 4. The lowest BCUT2D eigenvalue weighted by Gasteiger charge is -2.34. The van der Waals surface area contributed by atoms with Crippen LogP contribution in [0.15, 0.2) is 102 Å². The van der Waals surface area contributed by atoms with Crippen molar-refractivity contribution in [3.8, 4) is 5.75 Å². The predicted molar refractivity (Wildman–Crippen MR) is 184 cm³/mol. The summed E-state index contributed by atoms with van der Waals surface area (Å²) in [6.07, 6.45) is 0.870. The van der Waals surface area contributed by atoms with E-state index in [4.69, 9.17) is 4.74 Å². The molecule has 0 radical (unpaired) electrons. The standard InChI is InChI=1S/C36H40N4O7S/c1-5-21-37-36(42)34(22-28-12-7-6-8-13-28)38(24-29-14-10-9-11-26(29)2)35(41)25-39(30-16-18-31(47-4)19-17-30)48(45,46)32-20-15-27(3)33(23-32)40(43)44/h6-20,23,34H,5,21-22,24-25H2,1-4H3,(H,37,42). The Kier molecular flexibility index (Phi) is 11.9. The van der Waals surface area contributed by atoms with Crippen LogP contribution >= 0.6 is 0 Å². The monoisotopic (exact) mass is 672 g/mol. The molecule has 0 saturated heterocycles. The number of hydrogen-bond donors (Lipinski definition) is 1. The molecule has 0 aliphatic heterocycles. The number of nitro groups is 1. The first-order chi connectivity index (χ1) is 23.0. The maximum absolute atomic E-state index is 14.6. The van der Waals surface area contributed by atoms with Crippen molar-refractivity contribution in [1.82, 2.24) is 10.2 Å². The van der Waals surface area contributed by atoms with Gasteiger partial charge in [0.05, 0.1) is 22.6 Å². The molecule has 4 aromatic rings. The summed E-state index contributed by atoms with van der Waals surface area (Å²) in [7, 11) is -3.06. The number of nitro benzene ring substituents is 1. The Labute approximate surface area is 281 Å². The largest absolute Gasteiger partial charge is 0.497 e. The number of rotatable bonds is 15. The zero-order valence-electron chi connectivity index (χ0n) is 27.5. The SMILES string of the molecule is CCCNC(=O)C(Cc1ccccc1)N(Cc1ccccc1C)C(=O)CN(c1ccc(OC)cc1)S(=O)(=O)c1ccc(C)c([N+](=O)[O-])c1. The number of nitrogens with zero attached hydrogens (tertiary/aromatic N) is 3. The molecule has 1 atom stereocenters. The number of methoxy groups -OCH3 is 1. The average molecular weight is 673 g/mol. The van der Waals surface area contributed by atoms with E-state index in [0.717, 1.165) is 27.1 Å². The topological polar surface area (TPSA) is 139 Å². The molecular weight excluding hydrogens is 632 g/mol. The van der Waals surface area contributed by atoms with E-state index in [-0.39, 0.29) is 40.7 Å². The molecule has 0 saturated carbocycles. The van der Waals surface area contributed by atoms with Gasteiger partial charge in [-0.25, -0.2) is 8.42 Å². The van der Waals surface area contributed by atoms with Gasteiger partial charge in [0.15, 0.2) is 0 Å². The molecule has 2 amide bonds. The highest BCUT2D eigenvalue weighted by Gasteiger charge is 2.35. The molecule has 1 N–H and O–H groups in total. The Balaban J connectivity index is 1.84. The summed E-state index contributed by atoms with van der Waals surface area (Å²) < 4.78 is 34.8. The zero-order chi connectivity index (χ0) is 34.8. The van der Waals surface area contributed by atoms with Gasteiger partial charge in [0.1, 0.15) is 18.3 Å². The second-order valence-corrected chi connectivity index (χ2v) is 13.2. The van der Waals surface area contributed by atoms with Crippen LogP contribution in [0, 0.1) is 24.0 Å². The fourth-order valence-electron chi connectivity index (χ4n) is 5.24.